The van der Waals surface area contributed by atoms with E-state index in [-0.39, 0.29) is 5.02 Å². The molecule has 5 rings (SSSR count). The van der Waals surface area contributed by atoms with Gasteiger partial charge in [0, 0.05) is 73.9 Å². The largest absolute Gasteiger partial charge is 0.366 e. The Hall–Kier alpha value is -2.69. The van der Waals surface area contributed by atoms with E-state index in [1.165, 1.54) is 6.07 Å². The van der Waals surface area contributed by atoms with Crippen molar-refractivity contribution in [3.8, 4) is 22.3 Å². The summed E-state index contributed by atoms with van der Waals surface area (Å²) in [5.41, 5.74) is 5.74. The molecule has 3 aromatic heterocycles. The Bertz CT molecular complexity index is 1280. The molecule has 6 heteroatoms. The van der Waals surface area contributed by atoms with Gasteiger partial charge in [-0.3, -0.25) is 0 Å². The first kappa shape index (κ1) is 15.6. The highest BCUT2D eigenvalue weighted by molar-refractivity contribution is 6.32. The van der Waals surface area contributed by atoms with E-state index >= 15 is 0 Å². The van der Waals surface area contributed by atoms with Crippen molar-refractivity contribution >= 4 is 45.0 Å². The van der Waals surface area contributed by atoms with Gasteiger partial charge in [0.2, 0.25) is 0 Å². The molecule has 0 fully saturated rings. The zero-order chi connectivity index (χ0) is 17.8. The molecule has 3 heterocycles. The molecule has 0 aliphatic rings. The molecule has 0 bridgehead atoms. The molecule has 0 amide bonds. The van der Waals surface area contributed by atoms with Crippen LogP contribution in [0.15, 0.2) is 55.1 Å². The van der Waals surface area contributed by atoms with Crippen LogP contribution in [-0.4, -0.2) is 15.0 Å². The molecule has 5 aromatic rings. The Labute approximate surface area is 157 Å². The van der Waals surface area contributed by atoms with Gasteiger partial charge in [0.1, 0.15) is 5.82 Å². The SMILES string of the molecule is Fc1cc2[nH]cc(-c3c[nH]cc3-c3c[nH]c4ccc(Cl)cc34)c2cc1Cl. The van der Waals surface area contributed by atoms with Gasteiger partial charge in [0.15, 0.2) is 0 Å². The number of hydrogen-bond donors (Lipinski definition) is 3. The van der Waals surface area contributed by atoms with Crippen molar-refractivity contribution in [1.29, 1.82) is 0 Å². The van der Waals surface area contributed by atoms with E-state index in [1.807, 2.05) is 43.0 Å². The maximum absolute atomic E-state index is 13.7. The number of rotatable bonds is 2. The van der Waals surface area contributed by atoms with Crippen molar-refractivity contribution < 1.29 is 4.39 Å². The summed E-state index contributed by atoms with van der Waals surface area (Å²) in [7, 11) is 0. The highest BCUT2D eigenvalue weighted by Gasteiger charge is 2.17. The predicted molar refractivity (Wildman–Crippen MR) is 105 cm³/mol. The number of aromatic amines is 3. The smallest absolute Gasteiger partial charge is 0.143 e. The summed E-state index contributed by atoms with van der Waals surface area (Å²) in [6, 6.07) is 8.83. The van der Waals surface area contributed by atoms with Gasteiger partial charge in [-0.25, -0.2) is 4.39 Å². The van der Waals surface area contributed by atoms with E-state index in [2.05, 4.69) is 15.0 Å². The Morgan fingerprint density at radius 1 is 0.692 bits per heavy atom. The summed E-state index contributed by atoms with van der Waals surface area (Å²) in [6.07, 6.45) is 7.71. The lowest BCUT2D eigenvalue weighted by molar-refractivity contribution is 0.630. The number of hydrogen-bond acceptors (Lipinski definition) is 0. The number of fused-ring (bicyclic) bond motifs is 2. The first-order chi connectivity index (χ1) is 12.6. The maximum atomic E-state index is 13.7. The second kappa shape index (κ2) is 5.66. The van der Waals surface area contributed by atoms with E-state index in [9.17, 15) is 4.39 Å². The minimum Gasteiger partial charge on any atom is -0.366 e. The monoisotopic (exact) mass is 383 g/mol. The fourth-order valence-corrected chi connectivity index (χ4v) is 3.80. The zero-order valence-corrected chi connectivity index (χ0v) is 14.8. The fraction of sp³-hybridized carbons (Fsp3) is 0. The van der Waals surface area contributed by atoms with Crippen molar-refractivity contribution in [3.05, 3.63) is 71.0 Å². The van der Waals surface area contributed by atoms with E-state index in [0.717, 1.165) is 38.5 Å². The molecular weight excluding hydrogens is 372 g/mol. The van der Waals surface area contributed by atoms with Crippen LogP contribution in [0.25, 0.3) is 44.1 Å². The average Bonchev–Trinajstić information content (AvgIpc) is 3.32. The van der Waals surface area contributed by atoms with Crippen LogP contribution in [0.3, 0.4) is 0 Å². The average molecular weight is 384 g/mol. The summed E-state index contributed by atoms with van der Waals surface area (Å²) < 4.78 is 13.7. The molecular formula is C20H12Cl2FN3. The normalized spacial score (nSPS) is 11.7. The first-order valence-electron chi connectivity index (χ1n) is 8.02. The molecule has 0 aliphatic heterocycles. The quantitative estimate of drug-likeness (QED) is 0.301. The third-order valence-electron chi connectivity index (χ3n) is 4.69. The Kier molecular flexibility index (Phi) is 3.39. The van der Waals surface area contributed by atoms with Gasteiger partial charge in [-0.15, -0.1) is 0 Å². The number of aromatic nitrogens is 3. The Morgan fingerprint density at radius 3 is 2.08 bits per heavy atom. The van der Waals surface area contributed by atoms with Crippen molar-refractivity contribution in [1.82, 2.24) is 15.0 Å². The third-order valence-corrected chi connectivity index (χ3v) is 5.22. The fourth-order valence-electron chi connectivity index (χ4n) is 3.46. The maximum Gasteiger partial charge on any atom is 0.143 e. The van der Waals surface area contributed by atoms with Crippen LogP contribution in [0.1, 0.15) is 0 Å². The number of nitrogens with one attached hydrogen (secondary N) is 3. The third kappa shape index (κ3) is 2.26. The topological polar surface area (TPSA) is 47.4 Å². The molecule has 3 N–H and O–H groups in total. The Morgan fingerprint density at radius 2 is 1.35 bits per heavy atom. The molecule has 3 nitrogen and oxygen atoms in total. The summed E-state index contributed by atoms with van der Waals surface area (Å²) >= 11 is 12.2. The van der Waals surface area contributed by atoms with Crippen molar-refractivity contribution in [2.45, 2.75) is 0 Å². The standard InChI is InChI=1S/C20H12Cl2FN3/c21-10-1-2-19-11(3-10)15(8-25-19)13-6-24-7-14(13)16-9-26-20-5-18(23)17(22)4-12(16)20/h1-9,24-26H. The van der Waals surface area contributed by atoms with Gasteiger partial charge in [0.25, 0.3) is 0 Å². The van der Waals surface area contributed by atoms with Crippen LogP contribution < -0.4 is 0 Å². The molecule has 0 atom stereocenters. The van der Waals surface area contributed by atoms with Gasteiger partial charge in [-0.05, 0) is 30.3 Å². The lowest BCUT2D eigenvalue weighted by Gasteiger charge is -2.04. The van der Waals surface area contributed by atoms with Crippen molar-refractivity contribution in [3.63, 3.8) is 0 Å². The van der Waals surface area contributed by atoms with Crippen LogP contribution in [0.5, 0.6) is 0 Å². The summed E-state index contributed by atoms with van der Waals surface area (Å²) in [5.74, 6) is -0.437. The number of H-pyrrole nitrogens is 3. The lowest BCUT2D eigenvalue weighted by atomic mass is 9.98. The summed E-state index contributed by atoms with van der Waals surface area (Å²) in [6.45, 7) is 0. The van der Waals surface area contributed by atoms with Gasteiger partial charge in [-0.1, -0.05) is 23.2 Å². The molecule has 0 spiro atoms. The molecule has 0 saturated heterocycles. The minimum absolute atomic E-state index is 0.106. The van der Waals surface area contributed by atoms with E-state index in [1.54, 1.807) is 6.07 Å². The highest BCUT2D eigenvalue weighted by atomic mass is 35.5. The number of halogens is 3. The van der Waals surface area contributed by atoms with Crippen LogP contribution in [0, 0.1) is 5.82 Å². The molecule has 0 unspecified atom stereocenters. The van der Waals surface area contributed by atoms with Crippen LogP contribution >= 0.6 is 23.2 Å². The van der Waals surface area contributed by atoms with Crippen LogP contribution in [-0.2, 0) is 0 Å². The molecule has 26 heavy (non-hydrogen) atoms. The minimum atomic E-state index is -0.437. The van der Waals surface area contributed by atoms with E-state index in [4.69, 9.17) is 23.2 Å². The van der Waals surface area contributed by atoms with Crippen molar-refractivity contribution in [2.24, 2.45) is 0 Å². The lowest BCUT2D eigenvalue weighted by Crippen LogP contribution is -1.80. The van der Waals surface area contributed by atoms with Gasteiger partial charge >= 0.3 is 0 Å². The highest BCUT2D eigenvalue weighted by Crippen LogP contribution is 2.40. The summed E-state index contributed by atoms with van der Waals surface area (Å²) in [5, 5.41) is 2.71. The van der Waals surface area contributed by atoms with Gasteiger partial charge in [-0.2, -0.15) is 0 Å². The second-order valence-electron chi connectivity index (χ2n) is 6.19. The van der Waals surface area contributed by atoms with Gasteiger partial charge < -0.3 is 15.0 Å². The number of benzene rings is 2. The van der Waals surface area contributed by atoms with E-state index < -0.39 is 5.82 Å². The van der Waals surface area contributed by atoms with Gasteiger partial charge in [0.05, 0.1) is 5.02 Å². The molecule has 2 aromatic carbocycles. The zero-order valence-electron chi connectivity index (χ0n) is 13.3. The molecule has 0 saturated carbocycles. The van der Waals surface area contributed by atoms with Crippen LogP contribution in [0.2, 0.25) is 10.0 Å². The van der Waals surface area contributed by atoms with E-state index in [0.29, 0.717) is 10.5 Å². The van der Waals surface area contributed by atoms with Crippen molar-refractivity contribution in [2.75, 3.05) is 0 Å². The second-order valence-corrected chi connectivity index (χ2v) is 7.03. The molecule has 0 radical (unpaired) electrons. The molecule has 128 valence electrons. The molecule has 0 aliphatic carbocycles. The van der Waals surface area contributed by atoms with Crippen LogP contribution in [0.4, 0.5) is 4.39 Å². The summed E-state index contributed by atoms with van der Waals surface area (Å²) in [4.78, 5) is 9.58. The Balaban J connectivity index is 1.75. The predicted octanol–water partition coefficient (Wildman–Crippen LogP) is 6.76. The first-order valence-corrected chi connectivity index (χ1v) is 8.78.